The number of aliphatic imine (C=N–C) groups is 1. The monoisotopic (exact) mass is 483 g/mol. The summed E-state index contributed by atoms with van der Waals surface area (Å²) in [5.41, 5.74) is 0.422. The second-order valence-electron chi connectivity index (χ2n) is 7.36. The summed E-state index contributed by atoms with van der Waals surface area (Å²) in [4.78, 5) is 14.8. The van der Waals surface area contributed by atoms with Gasteiger partial charge < -0.3 is 4.74 Å². The Morgan fingerprint density at radius 1 is 1.00 bits per heavy atom. The number of carboxylic acid groups (broad SMARTS) is 1. The predicted octanol–water partition coefficient (Wildman–Crippen LogP) is 5.49. The van der Waals surface area contributed by atoms with Gasteiger partial charge in [0.15, 0.2) is 6.40 Å². The van der Waals surface area contributed by atoms with E-state index in [1.807, 2.05) is 12.1 Å². The van der Waals surface area contributed by atoms with Crippen molar-refractivity contribution in [3.05, 3.63) is 29.8 Å². The molecule has 0 radical (unpaired) electrons. The van der Waals surface area contributed by atoms with Crippen LogP contribution < -0.4 is 3.58 Å². The molecule has 0 fully saturated rings. The zero-order valence-corrected chi connectivity index (χ0v) is 20.2. The van der Waals surface area contributed by atoms with Gasteiger partial charge in [0, 0.05) is 0 Å². The summed E-state index contributed by atoms with van der Waals surface area (Å²) in [6.45, 7) is 8.47. The Kier molecular flexibility index (Phi) is 12.5. The molecule has 0 bridgehead atoms. The third-order valence-corrected chi connectivity index (χ3v) is 20.9. The standard InChI is InChI=1S/C7H5O2.3C4H9.C3H5NO.Sn/c8-7(9)6-4-2-1-3-5-6;3*1-3-4-2;1-2-5-3-4-1;/h2-5H,(H,8,9);3*1,3-4H2,2H3;3H,1-2H2;. The van der Waals surface area contributed by atoms with Crippen LogP contribution in [0.3, 0.4) is 0 Å². The van der Waals surface area contributed by atoms with Gasteiger partial charge in [0.25, 0.3) is 0 Å². The number of aromatic carboxylic acids is 1. The molecule has 0 saturated heterocycles. The summed E-state index contributed by atoms with van der Waals surface area (Å²) < 4.78 is 10.5. The number of hydrogen-bond donors (Lipinski definition) is 1. The first kappa shape index (κ1) is 24.0. The third-order valence-electron chi connectivity index (χ3n) is 5.26. The zero-order valence-electron chi connectivity index (χ0n) is 17.4. The number of rotatable bonds is 11. The molecule has 0 unspecified atom stereocenters. The molecule has 1 aromatic carbocycles. The summed E-state index contributed by atoms with van der Waals surface area (Å²) in [6.07, 6.45) is 9.30. The van der Waals surface area contributed by atoms with Crippen LogP contribution in [0.4, 0.5) is 0 Å². The Morgan fingerprint density at radius 2 is 1.52 bits per heavy atom. The Balaban J connectivity index is 0.000000625. The minimum atomic E-state index is -2.37. The number of benzene rings is 1. The van der Waals surface area contributed by atoms with Crippen LogP contribution in [0.2, 0.25) is 13.3 Å². The summed E-state index contributed by atoms with van der Waals surface area (Å²) in [6, 6.07) is 7.96. The molecule has 0 atom stereocenters. The topological polar surface area (TPSA) is 58.9 Å². The van der Waals surface area contributed by atoms with E-state index >= 15 is 0 Å². The maximum absolute atomic E-state index is 11.1. The van der Waals surface area contributed by atoms with Crippen LogP contribution in [0.15, 0.2) is 29.3 Å². The van der Waals surface area contributed by atoms with Gasteiger partial charge in [0.1, 0.15) is 6.61 Å². The maximum atomic E-state index is 11.1. The molecule has 1 N–H and O–H groups in total. The van der Waals surface area contributed by atoms with Gasteiger partial charge in [-0.25, -0.2) is 0 Å². The number of carbonyl (C=O) groups is 1. The first-order valence-electron chi connectivity index (χ1n) is 10.5. The van der Waals surface area contributed by atoms with Gasteiger partial charge >= 0.3 is 140 Å². The van der Waals surface area contributed by atoms with E-state index in [4.69, 9.17) is 5.11 Å². The first-order valence-corrected chi connectivity index (χ1v) is 18.0. The van der Waals surface area contributed by atoms with Crippen molar-refractivity contribution in [1.82, 2.24) is 0 Å². The first-order chi connectivity index (χ1) is 13.1. The molecule has 27 heavy (non-hydrogen) atoms. The van der Waals surface area contributed by atoms with Gasteiger partial charge in [-0.3, -0.25) is 4.99 Å². The molecule has 0 aromatic heterocycles. The van der Waals surface area contributed by atoms with Crippen LogP contribution in [0.1, 0.15) is 69.7 Å². The van der Waals surface area contributed by atoms with E-state index in [9.17, 15) is 4.79 Å². The second kappa shape index (κ2) is 14.0. The number of hydrogen-bond acceptors (Lipinski definition) is 3. The molecule has 1 aliphatic rings. The van der Waals surface area contributed by atoms with Crippen molar-refractivity contribution in [2.24, 2.45) is 4.99 Å². The van der Waals surface area contributed by atoms with Crippen molar-refractivity contribution >= 4 is 34.3 Å². The Bertz CT molecular complexity index is 529. The second-order valence-corrected chi connectivity index (χ2v) is 20.6. The Hall–Kier alpha value is -1.04. The van der Waals surface area contributed by atoms with Crippen LogP contribution >= 0.6 is 0 Å². The fraction of sp³-hybridized carbons (Fsp3) is 0.636. The molecule has 1 aliphatic heterocycles. The van der Waals surface area contributed by atoms with Gasteiger partial charge in [0.05, 0.1) is 6.54 Å². The molecule has 152 valence electrons. The van der Waals surface area contributed by atoms with E-state index in [-0.39, 0.29) is 0 Å². The van der Waals surface area contributed by atoms with Crippen LogP contribution in [-0.4, -0.2) is 49.0 Å². The normalized spacial score (nSPS) is 13.0. The van der Waals surface area contributed by atoms with Crippen molar-refractivity contribution < 1.29 is 14.6 Å². The fourth-order valence-electron chi connectivity index (χ4n) is 3.58. The van der Waals surface area contributed by atoms with Gasteiger partial charge in [-0.1, -0.05) is 0 Å². The number of carboxylic acids is 1. The van der Waals surface area contributed by atoms with Crippen molar-refractivity contribution in [1.29, 1.82) is 0 Å². The van der Waals surface area contributed by atoms with E-state index in [0.29, 0.717) is 5.56 Å². The van der Waals surface area contributed by atoms with Gasteiger partial charge in [-0.15, -0.1) is 0 Å². The Morgan fingerprint density at radius 3 is 1.81 bits per heavy atom. The minimum absolute atomic E-state index is 0.422. The molecule has 5 heteroatoms. The average Bonchev–Trinajstić information content (AvgIpc) is 3.28. The predicted molar refractivity (Wildman–Crippen MR) is 117 cm³/mol. The van der Waals surface area contributed by atoms with E-state index < -0.39 is 24.3 Å². The third kappa shape index (κ3) is 8.67. The van der Waals surface area contributed by atoms with Gasteiger partial charge in [-0.2, -0.15) is 0 Å². The van der Waals surface area contributed by atoms with E-state index in [2.05, 4.69) is 42.6 Å². The average molecular weight is 482 g/mol. The zero-order chi connectivity index (χ0) is 20.0. The summed E-state index contributed by atoms with van der Waals surface area (Å²) >= 11 is -2.37. The summed E-state index contributed by atoms with van der Waals surface area (Å²) in [7, 11) is 0. The molecular formula is C22H37NO3Sn. The molecule has 1 aromatic rings. The van der Waals surface area contributed by atoms with Crippen LogP contribution in [0.25, 0.3) is 0 Å². The molecule has 2 rings (SSSR count). The quantitative estimate of drug-likeness (QED) is 0.425. The van der Waals surface area contributed by atoms with Crippen molar-refractivity contribution in [2.45, 2.75) is 72.6 Å². The Labute approximate surface area is 169 Å². The van der Waals surface area contributed by atoms with Crippen LogP contribution in [0.5, 0.6) is 0 Å². The van der Waals surface area contributed by atoms with Crippen LogP contribution in [0, 0.1) is 0 Å². The van der Waals surface area contributed by atoms with Crippen molar-refractivity contribution in [2.75, 3.05) is 13.2 Å². The summed E-state index contributed by atoms with van der Waals surface area (Å²) in [5, 5.41) is 9.12. The van der Waals surface area contributed by atoms with Gasteiger partial charge in [-0.05, 0) is 0 Å². The molecule has 0 amide bonds. The molecular weight excluding hydrogens is 445 g/mol. The molecule has 1 heterocycles. The number of ether oxygens (including phenoxy) is 1. The van der Waals surface area contributed by atoms with Crippen LogP contribution in [-0.2, 0) is 4.74 Å². The van der Waals surface area contributed by atoms with Crippen molar-refractivity contribution in [3.8, 4) is 0 Å². The van der Waals surface area contributed by atoms with E-state index in [0.717, 1.165) is 13.2 Å². The SMILES string of the molecule is C1=NCCO1.CCC[CH2][Sn]([CH2]CCC)([CH2]CCC)[c]1ccc(C(=O)O)cc1. The molecule has 0 saturated carbocycles. The number of unbranched alkanes of at least 4 members (excludes halogenated alkanes) is 3. The van der Waals surface area contributed by atoms with E-state index in [1.54, 1.807) is 3.58 Å². The van der Waals surface area contributed by atoms with Crippen molar-refractivity contribution in [3.63, 3.8) is 0 Å². The fourth-order valence-corrected chi connectivity index (χ4v) is 19.5. The molecule has 4 nitrogen and oxygen atoms in total. The molecule has 0 spiro atoms. The van der Waals surface area contributed by atoms with E-state index in [1.165, 1.54) is 58.2 Å². The number of nitrogens with zero attached hydrogens (tertiary/aromatic N) is 1. The summed E-state index contributed by atoms with van der Waals surface area (Å²) in [5.74, 6) is -0.817. The molecule has 0 aliphatic carbocycles. The van der Waals surface area contributed by atoms with Gasteiger partial charge in [0.2, 0.25) is 0 Å².